The van der Waals surface area contributed by atoms with Crippen LogP contribution in [0.15, 0.2) is 42.6 Å². The van der Waals surface area contributed by atoms with Crippen molar-refractivity contribution >= 4 is 6.08 Å². The average Bonchev–Trinajstić information content (AvgIpc) is 3.22. The van der Waals surface area contributed by atoms with E-state index >= 15 is 0 Å². The fourth-order valence-electron chi connectivity index (χ4n) is 8.31. The second-order valence-corrected chi connectivity index (χ2v) is 15.2. The van der Waals surface area contributed by atoms with Gasteiger partial charge in [-0.05, 0) is 78.7 Å². The van der Waals surface area contributed by atoms with Crippen molar-refractivity contribution in [1.82, 2.24) is 19.9 Å². The first kappa shape index (κ1) is 32.6. The maximum Gasteiger partial charge on any atom is 0.415 e. The highest BCUT2D eigenvalue weighted by atomic mass is 19.4. The molecule has 3 aromatic rings. The van der Waals surface area contributed by atoms with Gasteiger partial charge in [0.05, 0.1) is 5.69 Å². The van der Waals surface area contributed by atoms with Crippen molar-refractivity contribution in [1.29, 1.82) is 0 Å². The lowest BCUT2D eigenvalue weighted by Crippen LogP contribution is -2.17. The number of pyridine rings is 1. The Bertz CT molecular complexity index is 1620. The van der Waals surface area contributed by atoms with E-state index in [0.717, 1.165) is 66.5 Å². The van der Waals surface area contributed by atoms with Crippen LogP contribution in [0.3, 0.4) is 0 Å². The molecule has 4 nitrogen and oxygen atoms in total. The first-order chi connectivity index (χ1) is 21.7. The van der Waals surface area contributed by atoms with E-state index in [1.165, 1.54) is 55.7 Å². The third-order valence-electron chi connectivity index (χ3n) is 10.7. The normalized spacial score (nSPS) is 20.3. The smallest absolute Gasteiger partial charge is 0.255 e. The fourth-order valence-corrected chi connectivity index (χ4v) is 8.31. The first-order valence-corrected chi connectivity index (χ1v) is 17.1. The number of benzene rings is 1. The molecule has 3 aliphatic rings. The minimum Gasteiger partial charge on any atom is -0.255 e. The Hall–Kier alpha value is -3.35. The largest absolute Gasteiger partial charge is 0.415 e. The Morgan fingerprint density at radius 3 is 1.96 bits per heavy atom. The van der Waals surface area contributed by atoms with Crippen molar-refractivity contribution in [2.24, 2.45) is 0 Å². The number of halogens is 3. The number of fused-ring (bicyclic) bond motifs is 1. The van der Waals surface area contributed by atoms with Gasteiger partial charge in [0.15, 0.2) is 5.82 Å². The summed E-state index contributed by atoms with van der Waals surface area (Å²) in [5, 5.41) is 0. The molecule has 1 aromatic carbocycles. The standard InChI is InChI=1S/C39H47F3N4/c1-24(39(40,41)42)17-19-29-25(2)30(22-43-33(29)28-18-20-31-32(21-28)38(5,6)23-37(31,3)4)36-45-34(26-13-9-7-10-14-26)44-35(46-36)27-15-11-8-12-16-27/h17-22,26-27H,1,7-16,23H2,2-6H3/b19-17-. The summed E-state index contributed by atoms with van der Waals surface area (Å²) in [7, 11) is 0. The fraction of sp³-hybridized carbons (Fsp3) is 0.538. The third-order valence-corrected chi connectivity index (χ3v) is 10.7. The van der Waals surface area contributed by atoms with Crippen LogP contribution in [-0.2, 0) is 10.8 Å². The van der Waals surface area contributed by atoms with Crippen LogP contribution in [0, 0.1) is 6.92 Å². The molecule has 2 heterocycles. The summed E-state index contributed by atoms with van der Waals surface area (Å²) < 4.78 is 40.7. The average molecular weight is 629 g/mol. The molecule has 0 spiro atoms. The van der Waals surface area contributed by atoms with E-state index in [0.29, 0.717) is 28.9 Å². The topological polar surface area (TPSA) is 51.6 Å². The van der Waals surface area contributed by atoms with E-state index in [4.69, 9.17) is 19.9 Å². The van der Waals surface area contributed by atoms with E-state index in [1.807, 2.05) is 13.1 Å². The lowest BCUT2D eigenvalue weighted by molar-refractivity contribution is -0.0877. The maximum atomic E-state index is 13.6. The molecule has 0 aliphatic heterocycles. The molecule has 0 atom stereocenters. The van der Waals surface area contributed by atoms with Crippen molar-refractivity contribution in [2.75, 3.05) is 0 Å². The highest BCUT2D eigenvalue weighted by molar-refractivity contribution is 5.80. The van der Waals surface area contributed by atoms with Crippen LogP contribution in [0.1, 0.15) is 144 Å². The number of alkyl halides is 3. The molecule has 244 valence electrons. The molecule has 0 N–H and O–H groups in total. The van der Waals surface area contributed by atoms with E-state index in [-0.39, 0.29) is 10.8 Å². The van der Waals surface area contributed by atoms with Crippen molar-refractivity contribution in [3.8, 4) is 22.6 Å². The van der Waals surface area contributed by atoms with Gasteiger partial charge in [-0.3, -0.25) is 4.98 Å². The summed E-state index contributed by atoms with van der Waals surface area (Å²) >= 11 is 0. The summed E-state index contributed by atoms with van der Waals surface area (Å²) in [6.45, 7) is 14.3. The van der Waals surface area contributed by atoms with Crippen LogP contribution < -0.4 is 0 Å². The SMILES string of the molecule is C=C(/C=C\c1c(-c2ccc3c(c2)C(C)(C)CC3(C)C)ncc(-c2nc(C3CCCCC3)nc(C3CCCCC3)n2)c1C)C(F)(F)F. The quantitative estimate of drug-likeness (QED) is 0.255. The Balaban J connectivity index is 1.50. The third kappa shape index (κ3) is 6.44. The molecule has 6 rings (SSSR count). The van der Waals surface area contributed by atoms with Gasteiger partial charge in [-0.1, -0.05) is 91.0 Å². The Labute approximate surface area is 272 Å². The zero-order valence-electron chi connectivity index (χ0n) is 28.0. The zero-order chi connectivity index (χ0) is 32.9. The molecule has 0 amide bonds. The molecule has 0 radical (unpaired) electrons. The Morgan fingerprint density at radius 2 is 1.39 bits per heavy atom. The van der Waals surface area contributed by atoms with Gasteiger partial charge >= 0.3 is 6.18 Å². The van der Waals surface area contributed by atoms with Crippen molar-refractivity contribution in [3.05, 3.63) is 76.5 Å². The van der Waals surface area contributed by atoms with Crippen LogP contribution in [0.25, 0.3) is 28.7 Å². The van der Waals surface area contributed by atoms with Gasteiger partial charge in [0, 0.05) is 40.3 Å². The van der Waals surface area contributed by atoms with E-state index < -0.39 is 11.7 Å². The molecule has 0 saturated heterocycles. The molecule has 2 aromatic heterocycles. The molecule has 2 fully saturated rings. The van der Waals surface area contributed by atoms with Gasteiger partial charge in [0.25, 0.3) is 0 Å². The van der Waals surface area contributed by atoms with Crippen molar-refractivity contribution < 1.29 is 13.2 Å². The second-order valence-electron chi connectivity index (χ2n) is 15.2. The maximum absolute atomic E-state index is 13.6. The number of nitrogens with zero attached hydrogens (tertiary/aromatic N) is 4. The molecule has 2 saturated carbocycles. The van der Waals surface area contributed by atoms with Gasteiger partial charge < -0.3 is 0 Å². The van der Waals surface area contributed by atoms with Crippen LogP contribution in [0.4, 0.5) is 13.2 Å². The number of aromatic nitrogens is 4. The van der Waals surface area contributed by atoms with E-state index in [1.54, 1.807) is 0 Å². The van der Waals surface area contributed by atoms with Gasteiger partial charge in [-0.15, -0.1) is 0 Å². The molecule has 3 aliphatic carbocycles. The summed E-state index contributed by atoms with van der Waals surface area (Å²) in [5.41, 5.74) is 5.38. The summed E-state index contributed by atoms with van der Waals surface area (Å²) in [5.74, 6) is 2.91. The summed E-state index contributed by atoms with van der Waals surface area (Å²) in [6.07, 6.45) is 12.4. The van der Waals surface area contributed by atoms with Crippen LogP contribution in [0.2, 0.25) is 0 Å². The van der Waals surface area contributed by atoms with Gasteiger partial charge in [0.1, 0.15) is 11.6 Å². The zero-order valence-corrected chi connectivity index (χ0v) is 28.0. The highest BCUT2D eigenvalue weighted by Gasteiger charge is 2.42. The summed E-state index contributed by atoms with van der Waals surface area (Å²) in [6, 6.07) is 6.42. The predicted molar refractivity (Wildman–Crippen MR) is 180 cm³/mol. The van der Waals surface area contributed by atoms with Crippen LogP contribution >= 0.6 is 0 Å². The molecular weight excluding hydrogens is 581 g/mol. The Kier molecular flexibility index (Phi) is 8.75. The predicted octanol–water partition coefficient (Wildman–Crippen LogP) is 11.1. The molecule has 0 unspecified atom stereocenters. The van der Waals surface area contributed by atoms with E-state index in [2.05, 4.69) is 52.5 Å². The first-order valence-electron chi connectivity index (χ1n) is 17.1. The van der Waals surface area contributed by atoms with Crippen molar-refractivity contribution in [3.63, 3.8) is 0 Å². The minimum atomic E-state index is -4.52. The van der Waals surface area contributed by atoms with Gasteiger partial charge in [-0.25, -0.2) is 15.0 Å². The molecule has 46 heavy (non-hydrogen) atoms. The number of rotatable bonds is 6. The lowest BCUT2D eigenvalue weighted by atomic mass is 9.82. The van der Waals surface area contributed by atoms with Crippen LogP contribution in [-0.4, -0.2) is 26.1 Å². The lowest BCUT2D eigenvalue weighted by Gasteiger charge is -2.24. The minimum absolute atomic E-state index is 0.0275. The van der Waals surface area contributed by atoms with Gasteiger partial charge in [-0.2, -0.15) is 13.2 Å². The monoisotopic (exact) mass is 628 g/mol. The van der Waals surface area contributed by atoms with Crippen molar-refractivity contribution in [2.45, 2.75) is 134 Å². The summed E-state index contributed by atoms with van der Waals surface area (Å²) in [4.78, 5) is 20.2. The van der Waals surface area contributed by atoms with E-state index in [9.17, 15) is 13.2 Å². The van der Waals surface area contributed by atoms with Crippen LogP contribution in [0.5, 0.6) is 0 Å². The molecule has 7 heteroatoms. The highest BCUT2D eigenvalue weighted by Crippen LogP contribution is 2.50. The number of hydrogen-bond donors (Lipinski definition) is 0. The Morgan fingerprint density at radius 1 is 0.826 bits per heavy atom. The molecule has 0 bridgehead atoms. The molecular formula is C39H47F3N4. The second kappa shape index (κ2) is 12.4. The van der Waals surface area contributed by atoms with Gasteiger partial charge in [0.2, 0.25) is 0 Å². The number of hydrogen-bond acceptors (Lipinski definition) is 4. The number of allylic oxidation sites excluding steroid dienone is 2.